The van der Waals surface area contributed by atoms with E-state index in [2.05, 4.69) is 0 Å². The summed E-state index contributed by atoms with van der Waals surface area (Å²) in [5, 5.41) is 0. The number of para-hydroxylation sites is 2. The van der Waals surface area contributed by atoms with E-state index < -0.39 is 6.04 Å². The van der Waals surface area contributed by atoms with Gasteiger partial charge >= 0.3 is 0 Å². The fourth-order valence-corrected chi connectivity index (χ4v) is 7.07. The van der Waals surface area contributed by atoms with Crippen molar-refractivity contribution in [1.82, 2.24) is 9.47 Å². The van der Waals surface area contributed by atoms with Crippen molar-refractivity contribution in [3.8, 4) is 5.75 Å². The number of ether oxygens (including phenoxy) is 1. The SMILES string of the molecule is CCN(CC)C(=O)C1=C(C)N=c2s/c(=C3/C(=O)N(Cc4ccccc4)c4ccccc43)c(=O)n2[C@@H]1c1ccccc1OC. The fourth-order valence-electron chi connectivity index (χ4n) is 5.94. The van der Waals surface area contributed by atoms with Crippen molar-refractivity contribution in [2.24, 2.45) is 4.99 Å². The zero-order chi connectivity index (χ0) is 30.2. The van der Waals surface area contributed by atoms with Crippen LogP contribution in [0.2, 0.25) is 0 Å². The molecule has 2 aliphatic heterocycles. The highest BCUT2D eigenvalue weighted by molar-refractivity contribution is 7.07. The van der Waals surface area contributed by atoms with Crippen LogP contribution in [0.15, 0.2) is 99.9 Å². The summed E-state index contributed by atoms with van der Waals surface area (Å²) in [6.45, 7) is 7.07. The Hall–Kier alpha value is -4.76. The molecule has 0 saturated heterocycles. The monoisotopic (exact) mass is 592 g/mol. The third kappa shape index (κ3) is 4.70. The van der Waals surface area contributed by atoms with Crippen LogP contribution in [-0.4, -0.2) is 41.5 Å². The third-order valence-corrected chi connectivity index (χ3v) is 9.10. The smallest absolute Gasteiger partial charge is 0.271 e. The van der Waals surface area contributed by atoms with E-state index in [1.807, 2.05) is 92.7 Å². The maximum atomic E-state index is 14.5. The van der Waals surface area contributed by atoms with E-state index in [0.29, 0.717) is 62.7 Å². The Morgan fingerprint density at radius 1 is 0.953 bits per heavy atom. The summed E-state index contributed by atoms with van der Waals surface area (Å²) in [5.74, 6) is 0.136. The van der Waals surface area contributed by atoms with Crippen LogP contribution in [0, 0.1) is 0 Å². The lowest BCUT2D eigenvalue weighted by Gasteiger charge is -2.29. The van der Waals surface area contributed by atoms with Crippen molar-refractivity contribution >= 4 is 34.4 Å². The van der Waals surface area contributed by atoms with Gasteiger partial charge in [0.15, 0.2) is 4.80 Å². The Kier molecular flexibility index (Phi) is 7.58. The number of hydrogen-bond acceptors (Lipinski definition) is 6. The van der Waals surface area contributed by atoms with Crippen molar-refractivity contribution in [2.75, 3.05) is 25.1 Å². The van der Waals surface area contributed by atoms with Crippen LogP contribution < -0.4 is 24.5 Å². The molecule has 2 aliphatic rings. The summed E-state index contributed by atoms with van der Waals surface area (Å²) in [6, 6.07) is 24.0. The number of benzene rings is 3. The van der Waals surface area contributed by atoms with Gasteiger partial charge in [-0.25, -0.2) is 4.99 Å². The number of amides is 2. The molecule has 9 heteroatoms. The van der Waals surface area contributed by atoms with Crippen LogP contribution in [0.4, 0.5) is 5.69 Å². The van der Waals surface area contributed by atoms with Gasteiger partial charge in [-0.3, -0.25) is 19.0 Å². The van der Waals surface area contributed by atoms with Crippen LogP contribution >= 0.6 is 11.3 Å². The first-order chi connectivity index (χ1) is 20.9. The van der Waals surface area contributed by atoms with Crippen molar-refractivity contribution < 1.29 is 14.3 Å². The van der Waals surface area contributed by atoms with Gasteiger partial charge in [-0.15, -0.1) is 0 Å². The fraction of sp³-hybridized carbons (Fsp3) is 0.235. The quantitative estimate of drug-likeness (QED) is 0.325. The molecule has 3 aromatic carbocycles. The molecule has 218 valence electrons. The Balaban J connectivity index is 1.60. The predicted octanol–water partition coefficient (Wildman–Crippen LogP) is 4.03. The first-order valence-electron chi connectivity index (χ1n) is 14.3. The largest absolute Gasteiger partial charge is 0.496 e. The minimum atomic E-state index is -0.776. The number of carbonyl (C=O) groups excluding carboxylic acids is 2. The number of methoxy groups -OCH3 is 1. The minimum Gasteiger partial charge on any atom is -0.496 e. The lowest BCUT2D eigenvalue weighted by atomic mass is 9.94. The lowest BCUT2D eigenvalue weighted by molar-refractivity contribution is -0.127. The molecule has 8 nitrogen and oxygen atoms in total. The van der Waals surface area contributed by atoms with E-state index in [1.165, 1.54) is 11.3 Å². The summed E-state index contributed by atoms with van der Waals surface area (Å²) in [6.07, 6.45) is 0. The lowest BCUT2D eigenvalue weighted by Crippen LogP contribution is -2.43. The number of aromatic nitrogens is 1. The Bertz CT molecular complexity index is 1950. The molecular formula is C34H32N4O4S. The molecule has 4 aromatic rings. The number of allylic oxidation sites excluding steroid dienone is 1. The normalized spacial score (nSPS) is 17.0. The number of nitrogens with zero attached hydrogens (tertiary/aromatic N) is 4. The molecule has 0 bridgehead atoms. The summed E-state index contributed by atoms with van der Waals surface area (Å²) in [7, 11) is 1.57. The van der Waals surface area contributed by atoms with Crippen LogP contribution in [-0.2, 0) is 16.1 Å². The molecule has 0 fully saturated rings. The molecule has 43 heavy (non-hydrogen) atoms. The summed E-state index contributed by atoms with van der Waals surface area (Å²) in [4.78, 5) is 51.3. The van der Waals surface area contributed by atoms with E-state index in [4.69, 9.17) is 9.73 Å². The molecule has 0 N–H and O–H groups in total. The topological polar surface area (TPSA) is 84.2 Å². The van der Waals surface area contributed by atoms with Crippen LogP contribution in [0.5, 0.6) is 5.75 Å². The molecule has 0 radical (unpaired) electrons. The highest BCUT2D eigenvalue weighted by atomic mass is 32.1. The Morgan fingerprint density at radius 3 is 2.35 bits per heavy atom. The number of likely N-dealkylation sites (N-methyl/N-ethyl adjacent to an activating group) is 1. The Labute approximate surface area is 253 Å². The van der Waals surface area contributed by atoms with Gasteiger partial charge in [0.2, 0.25) is 0 Å². The second-order valence-corrected chi connectivity index (χ2v) is 11.4. The number of rotatable bonds is 7. The van der Waals surface area contributed by atoms with Gasteiger partial charge < -0.3 is 14.5 Å². The van der Waals surface area contributed by atoms with Gasteiger partial charge in [0, 0.05) is 24.2 Å². The van der Waals surface area contributed by atoms with Gasteiger partial charge in [0.05, 0.1) is 36.2 Å². The number of thiazole rings is 1. The van der Waals surface area contributed by atoms with E-state index in [9.17, 15) is 14.4 Å². The van der Waals surface area contributed by atoms with E-state index in [0.717, 1.165) is 11.3 Å². The molecule has 0 aliphatic carbocycles. The molecular weight excluding hydrogens is 560 g/mol. The maximum absolute atomic E-state index is 14.5. The van der Waals surface area contributed by atoms with Crippen molar-refractivity contribution in [1.29, 1.82) is 0 Å². The van der Waals surface area contributed by atoms with Crippen LogP contribution in [0.25, 0.3) is 5.57 Å². The third-order valence-electron chi connectivity index (χ3n) is 8.05. The van der Waals surface area contributed by atoms with Crippen molar-refractivity contribution in [3.63, 3.8) is 0 Å². The second kappa shape index (κ2) is 11.5. The van der Waals surface area contributed by atoms with Crippen molar-refractivity contribution in [2.45, 2.75) is 33.4 Å². The summed E-state index contributed by atoms with van der Waals surface area (Å²) in [5.41, 5.74) is 4.07. The highest BCUT2D eigenvalue weighted by Crippen LogP contribution is 2.38. The molecule has 2 amide bonds. The second-order valence-electron chi connectivity index (χ2n) is 10.4. The number of anilines is 1. The summed E-state index contributed by atoms with van der Waals surface area (Å²) < 4.78 is 7.58. The van der Waals surface area contributed by atoms with Crippen LogP contribution in [0.1, 0.15) is 43.5 Å². The highest BCUT2D eigenvalue weighted by Gasteiger charge is 2.38. The predicted molar refractivity (Wildman–Crippen MR) is 168 cm³/mol. The first kappa shape index (κ1) is 28.4. The molecule has 0 saturated carbocycles. The summed E-state index contributed by atoms with van der Waals surface area (Å²) >= 11 is 1.18. The molecule has 1 atom stereocenters. The molecule has 0 unspecified atom stereocenters. The number of fused-ring (bicyclic) bond motifs is 2. The Morgan fingerprint density at radius 2 is 1.63 bits per heavy atom. The van der Waals surface area contributed by atoms with Gasteiger partial charge in [-0.2, -0.15) is 0 Å². The maximum Gasteiger partial charge on any atom is 0.271 e. The van der Waals surface area contributed by atoms with E-state index in [-0.39, 0.29) is 17.4 Å². The molecule has 0 spiro atoms. The van der Waals surface area contributed by atoms with Gasteiger partial charge in [-0.05, 0) is 38.5 Å². The molecule has 1 aromatic heterocycles. The number of carbonyl (C=O) groups is 2. The van der Waals surface area contributed by atoms with Gasteiger partial charge in [0.25, 0.3) is 17.4 Å². The average molecular weight is 593 g/mol. The van der Waals surface area contributed by atoms with Gasteiger partial charge in [0.1, 0.15) is 16.3 Å². The average Bonchev–Trinajstić information content (AvgIpc) is 3.49. The number of hydrogen-bond donors (Lipinski definition) is 0. The molecule has 6 rings (SSSR count). The van der Waals surface area contributed by atoms with Gasteiger partial charge in [-0.1, -0.05) is 78.1 Å². The van der Waals surface area contributed by atoms with E-state index >= 15 is 0 Å². The van der Waals surface area contributed by atoms with Crippen LogP contribution in [0.3, 0.4) is 0 Å². The standard InChI is InChI=1S/C34H32N4O4S/c1-5-36(6-2)31(39)27-21(3)35-34-38(29(27)24-17-11-13-19-26(24)42-4)33(41)30(43-34)28-23-16-10-12-18-25(23)37(32(28)40)20-22-14-8-7-9-15-22/h7-19,29H,5-6,20H2,1-4H3/b30-28+/t29-/m1/s1. The van der Waals surface area contributed by atoms with Crippen molar-refractivity contribution in [3.05, 3.63) is 127 Å². The minimum absolute atomic E-state index is 0.184. The first-order valence-corrected chi connectivity index (χ1v) is 15.1. The van der Waals surface area contributed by atoms with E-state index in [1.54, 1.807) is 28.4 Å². The zero-order valence-electron chi connectivity index (χ0n) is 24.5. The molecule has 3 heterocycles. The zero-order valence-corrected chi connectivity index (χ0v) is 25.4.